The quantitative estimate of drug-likeness (QED) is 0.494. The van der Waals surface area contributed by atoms with E-state index in [0.29, 0.717) is 23.1 Å². The maximum absolute atomic E-state index is 13.0. The van der Waals surface area contributed by atoms with E-state index in [1.807, 2.05) is 44.2 Å². The zero-order valence-electron chi connectivity index (χ0n) is 20.5. The molecule has 0 atom stereocenters. The summed E-state index contributed by atoms with van der Waals surface area (Å²) in [7, 11) is 0. The molecule has 0 saturated carbocycles. The van der Waals surface area contributed by atoms with Crippen molar-refractivity contribution in [3.8, 4) is 5.75 Å². The predicted molar refractivity (Wildman–Crippen MR) is 142 cm³/mol. The van der Waals surface area contributed by atoms with Gasteiger partial charge in [-0.05, 0) is 96.4 Å². The number of hydrogen-bond acceptors (Lipinski definition) is 5. The number of nitrogens with one attached hydrogen (secondary N) is 2. The molecule has 2 N–H and O–H groups in total. The van der Waals surface area contributed by atoms with Crippen LogP contribution in [0, 0.1) is 13.8 Å². The van der Waals surface area contributed by atoms with Crippen LogP contribution in [-0.2, 0) is 14.4 Å². The zero-order valence-corrected chi connectivity index (χ0v) is 22.1. The molecule has 36 heavy (non-hydrogen) atoms. The van der Waals surface area contributed by atoms with E-state index in [2.05, 4.69) is 26.6 Å². The molecule has 6 nitrogen and oxygen atoms in total. The molecular formula is C29H29BrN2O4. The number of benzene rings is 2. The number of dihydropyridines is 1. The number of rotatable bonds is 5. The second-order valence-electron chi connectivity index (χ2n) is 9.72. The smallest absolute Gasteiger partial charge is 0.262 e. The second-order valence-corrected chi connectivity index (χ2v) is 10.6. The fourth-order valence-corrected chi connectivity index (χ4v) is 5.80. The van der Waals surface area contributed by atoms with Crippen molar-refractivity contribution in [2.45, 2.75) is 58.3 Å². The number of halogens is 1. The van der Waals surface area contributed by atoms with Gasteiger partial charge >= 0.3 is 0 Å². The average Bonchev–Trinajstić information content (AvgIpc) is 2.85. The molecule has 5 rings (SSSR count). The largest absolute Gasteiger partial charge is 0.483 e. The lowest BCUT2D eigenvalue weighted by Gasteiger charge is -2.37. The maximum atomic E-state index is 13.0. The van der Waals surface area contributed by atoms with Crippen LogP contribution in [0.15, 0.2) is 63.4 Å². The lowest BCUT2D eigenvalue weighted by atomic mass is 9.71. The summed E-state index contributed by atoms with van der Waals surface area (Å²) < 4.78 is 6.47. The van der Waals surface area contributed by atoms with Crippen LogP contribution in [0.5, 0.6) is 5.75 Å². The molecule has 1 aliphatic heterocycles. The lowest BCUT2D eigenvalue weighted by Crippen LogP contribution is -2.36. The number of ether oxygens (including phenoxy) is 1. The maximum Gasteiger partial charge on any atom is 0.262 e. The van der Waals surface area contributed by atoms with Crippen molar-refractivity contribution in [3.05, 3.63) is 80.1 Å². The van der Waals surface area contributed by atoms with Crippen molar-refractivity contribution in [3.63, 3.8) is 0 Å². The Balaban J connectivity index is 1.37. The number of aryl methyl sites for hydroxylation is 2. The van der Waals surface area contributed by atoms with Gasteiger partial charge in [-0.3, -0.25) is 14.4 Å². The SMILES string of the molecule is Cc1ccc(NC(=O)COc2ccc(C3C4=C(CCCC4=O)NC4=C3C(=O)CCC4)cc2Br)cc1C. The van der Waals surface area contributed by atoms with Gasteiger partial charge in [0.2, 0.25) is 0 Å². The van der Waals surface area contributed by atoms with Gasteiger partial charge in [-0.25, -0.2) is 0 Å². The molecular weight excluding hydrogens is 520 g/mol. The molecule has 1 amide bonds. The fraction of sp³-hybridized carbons (Fsp3) is 0.345. The highest BCUT2D eigenvalue weighted by Gasteiger charge is 2.40. The van der Waals surface area contributed by atoms with Crippen LogP contribution in [0.2, 0.25) is 0 Å². The first kappa shape index (κ1) is 24.5. The van der Waals surface area contributed by atoms with Crippen molar-refractivity contribution < 1.29 is 19.1 Å². The van der Waals surface area contributed by atoms with E-state index in [4.69, 9.17) is 4.74 Å². The minimum Gasteiger partial charge on any atom is -0.483 e. The molecule has 186 valence electrons. The second kappa shape index (κ2) is 10.1. The van der Waals surface area contributed by atoms with E-state index in [1.165, 1.54) is 0 Å². The monoisotopic (exact) mass is 548 g/mol. The molecule has 0 aromatic heterocycles. The average molecular weight is 549 g/mol. The predicted octanol–water partition coefficient (Wildman–Crippen LogP) is 5.78. The van der Waals surface area contributed by atoms with Gasteiger partial charge < -0.3 is 15.4 Å². The first-order chi connectivity index (χ1) is 17.3. The van der Waals surface area contributed by atoms with Gasteiger partial charge in [0.25, 0.3) is 5.91 Å². The number of carbonyl (C=O) groups excluding carboxylic acids is 3. The Bertz CT molecular complexity index is 1300. The van der Waals surface area contributed by atoms with Crippen LogP contribution < -0.4 is 15.4 Å². The summed E-state index contributed by atoms with van der Waals surface area (Å²) in [4.78, 5) is 38.4. The molecule has 0 radical (unpaired) electrons. The molecule has 0 unspecified atom stereocenters. The highest BCUT2D eigenvalue weighted by molar-refractivity contribution is 9.10. The van der Waals surface area contributed by atoms with Crippen LogP contribution in [0.3, 0.4) is 0 Å². The van der Waals surface area contributed by atoms with Gasteiger partial charge in [0.05, 0.1) is 4.47 Å². The van der Waals surface area contributed by atoms with E-state index in [0.717, 1.165) is 70.6 Å². The minimum atomic E-state index is -0.365. The third kappa shape index (κ3) is 4.76. The Hall–Kier alpha value is -3.19. The van der Waals surface area contributed by atoms with E-state index in [1.54, 1.807) is 6.07 Å². The summed E-state index contributed by atoms with van der Waals surface area (Å²) in [6.45, 7) is 3.89. The van der Waals surface area contributed by atoms with Crippen LogP contribution in [0.4, 0.5) is 5.69 Å². The summed E-state index contributed by atoms with van der Waals surface area (Å²) in [5, 5.41) is 6.30. The molecule has 0 saturated heterocycles. The Kier molecular flexibility index (Phi) is 6.84. The van der Waals surface area contributed by atoms with E-state index in [9.17, 15) is 14.4 Å². The molecule has 0 fully saturated rings. The molecule has 0 bridgehead atoms. The molecule has 7 heteroatoms. The number of ketones is 2. The highest BCUT2D eigenvalue weighted by Crippen LogP contribution is 2.46. The molecule has 2 aromatic carbocycles. The molecule has 3 aliphatic rings. The standard InChI is InChI=1S/C29H29BrN2O4/c1-16-9-11-19(13-17(16)2)31-26(35)15-36-25-12-10-18(14-20(25)30)27-28-21(5-3-7-23(28)33)32-22-6-4-8-24(34)29(22)27/h9-14,27,32H,3-8,15H2,1-2H3,(H,31,35). The van der Waals surface area contributed by atoms with Gasteiger partial charge in [0.1, 0.15) is 5.75 Å². The molecule has 0 spiro atoms. The Morgan fingerprint density at radius 1 is 0.944 bits per heavy atom. The first-order valence-corrected chi connectivity index (χ1v) is 13.2. The number of amides is 1. The number of anilines is 1. The fourth-order valence-electron chi connectivity index (χ4n) is 5.29. The van der Waals surface area contributed by atoms with Gasteiger partial charge in [-0.2, -0.15) is 0 Å². The third-order valence-corrected chi connectivity index (χ3v) is 7.85. The summed E-state index contributed by atoms with van der Waals surface area (Å²) in [6.07, 6.45) is 4.31. The van der Waals surface area contributed by atoms with Gasteiger partial charge in [-0.15, -0.1) is 0 Å². The van der Waals surface area contributed by atoms with Gasteiger partial charge in [0.15, 0.2) is 18.2 Å². The summed E-state index contributed by atoms with van der Waals surface area (Å²) in [5.41, 5.74) is 7.25. The number of Topliss-reactive ketones (excluding diaryl/α,β-unsaturated/α-hetero) is 2. The van der Waals surface area contributed by atoms with Gasteiger partial charge in [-0.1, -0.05) is 12.1 Å². The van der Waals surface area contributed by atoms with Crippen LogP contribution >= 0.6 is 15.9 Å². The Morgan fingerprint density at radius 3 is 2.22 bits per heavy atom. The van der Waals surface area contributed by atoms with Crippen molar-refractivity contribution in [1.29, 1.82) is 0 Å². The number of carbonyl (C=O) groups is 3. The van der Waals surface area contributed by atoms with Crippen molar-refractivity contribution in [2.75, 3.05) is 11.9 Å². The third-order valence-electron chi connectivity index (χ3n) is 7.23. The Labute approximate surface area is 219 Å². The van der Waals surface area contributed by atoms with E-state index < -0.39 is 0 Å². The molecule has 2 aromatic rings. The minimum absolute atomic E-state index is 0.109. The zero-order chi connectivity index (χ0) is 25.4. The summed E-state index contributed by atoms with van der Waals surface area (Å²) in [6, 6.07) is 11.4. The van der Waals surface area contributed by atoms with E-state index >= 15 is 0 Å². The van der Waals surface area contributed by atoms with Crippen LogP contribution in [0.1, 0.15) is 61.1 Å². The topological polar surface area (TPSA) is 84.5 Å². The van der Waals surface area contributed by atoms with E-state index in [-0.39, 0.29) is 30.0 Å². The van der Waals surface area contributed by atoms with Crippen molar-refractivity contribution >= 4 is 39.1 Å². The molecule has 1 heterocycles. The van der Waals surface area contributed by atoms with Crippen molar-refractivity contribution in [1.82, 2.24) is 5.32 Å². The number of hydrogen-bond donors (Lipinski definition) is 2. The first-order valence-electron chi connectivity index (χ1n) is 12.4. The Morgan fingerprint density at radius 2 is 1.61 bits per heavy atom. The van der Waals surface area contributed by atoms with Crippen LogP contribution in [-0.4, -0.2) is 24.1 Å². The molecule has 2 aliphatic carbocycles. The summed E-state index contributed by atoms with van der Waals surface area (Å²) >= 11 is 3.58. The summed E-state index contributed by atoms with van der Waals surface area (Å²) in [5.74, 6) is 0.126. The van der Waals surface area contributed by atoms with Crippen molar-refractivity contribution in [2.24, 2.45) is 0 Å². The number of allylic oxidation sites excluding steroid dienone is 4. The highest BCUT2D eigenvalue weighted by atomic mass is 79.9. The van der Waals surface area contributed by atoms with Crippen LogP contribution in [0.25, 0.3) is 0 Å². The normalized spacial score (nSPS) is 18.0. The lowest BCUT2D eigenvalue weighted by molar-refractivity contribution is -0.118. The van der Waals surface area contributed by atoms with Gasteiger partial charge in [0, 0.05) is 47.0 Å².